The van der Waals surface area contributed by atoms with Crippen LogP contribution < -0.4 is 10.1 Å². The number of ether oxygens (including phenoxy) is 2. The molecule has 0 aliphatic rings. The number of hydrogen-bond acceptors (Lipinski definition) is 9. The SMILES string of the molecule is COc1cc2c(cc1NC(=O)COC(=O)c1sccc1-n1cnnn1)oc1ccccc12. The van der Waals surface area contributed by atoms with Gasteiger partial charge in [-0.25, -0.2) is 4.79 Å². The van der Waals surface area contributed by atoms with Crippen molar-refractivity contribution < 1.29 is 23.5 Å². The molecule has 0 aliphatic heterocycles. The van der Waals surface area contributed by atoms with E-state index in [0.29, 0.717) is 22.7 Å². The zero-order valence-electron chi connectivity index (χ0n) is 16.6. The second-order valence-corrected chi connectivity index (χ2v) is 7.58. The molecule has 3 heterocycles. The molecule has 2 aromatic carbocycles. The molecule has 0 fully saturated rings. The van der Waals surface area contributed by atoms with Gasteiger partial charge in [0.1, 0.15) is 28.1 Å². The Labute approximate surface area is 184 Å². The number of nitrogens with one attached hydrogen (secondary N) is 1. The fraction of sp³-hybridized carbons (Fsp3) is 0.0952. The number of esters is 1. The predicted octanol–water partition coefficient (Wildman–Crippen LogP) is 3.43. The molecule has 0 spiro atoms. The summed E-state index contributed by atoms with van der Waals surface area (Å²) in [5.74, 6) is -0.712. The highest BCUT2D eigenvalue weighted by atomic mass is 32.1. The number of furan rings is 1. The van der Waals surface area contributed by atoms with Crippen molar-refractivity contribution in [2.45, 2.75) is 0 Å². The minimum atomic E-state index is -0.652. The molecule has 5 aromatic rings. The van der Waals surface area contributed by atoms with Crippen molar-refractivity contribution in [3.05, 3.63) is 59.0 Å². The molecule has 0 saturated carbocycles. The van der Waals surface area contributed by atoms with Crippen molar-refractivity contribution in [3.63, 3.8) is 0 Å². The molecule has 0 atom stereocenters. The van der Waals surface area contributed by atoms with Gasteiger partial charge in [0.15, 0.2) is 6.61 Å². The number of benzene rings is 2. The number of fused-ring (bicyclic) bond motifs is 3. The summed E-state index contributed by atoms with van der Waals surface area (Å²) in [5, 5.41) is 17.1. The van der Waals surface area contributed by atoms with E-state index < -0.39 is 18.5 Å². The van der Waals surface area contributed by atoms with Gasteiger partial charge in [0.2, 0.25) is 0 Å². The summed E-state index contributed by atoms with van der Waals surface area (Å²) in [4.78, 5) is 25.2. The van der Waals surface area contributed by atoms with E-state index in [1.54, 1.807) is 23.6 Å². The monoisotopic (exact) mass is 449 g/mol. The maximum Gasteiger partial charge on any atom is 0.351 e. The van der Waals surface area contributed by atoms with Gasteiger partial charge < -0.3 is 19.2 Å². The molecule has 3 aromatic heterocycles. The molecular formula is C21H15N5O5S. The lowest BCUT2D eigenvalue weighted by atomic mass is 10.1. The van der Waals surface area contributed by atoms with Gasteiger partial charge in [-0.05, 0) is 34.0 Å². The van der Waals surface area contributed by atoms with Gasteiger partial charge in [-0.15, -0.1) is 16.4 Å². The Morgan fingerprint density at radius 2 is 2.03 bits per heavy atom. The number of nitrogens with zero attached hydrogens (tertiary/aromatic N) is 4. The van der Waals surface area contributed by atoms with Crippen LogP contribution in [0.1, 0.15) is 9.67 Å². The van der Waals surface area contributed by atoms with Gasteiger partial charge >= 0.3 is 5.97 Å². The van der Waals surface area contributed by atoms with Gasteiger partial charge in [-0.1, -0.05) is 18.2 Å². The Morgan fingerprint density at radius 1 is 1.16 bits per heavy atom. The van der Waals surface area contributed by atoms with Gasteiger partial charge in [0, 0.05) is 16.8 Å². The minimum absolute atomic E-state index is 0.284. The van der Waals surface area contributed by atoms with Gasteiger partial charge in [-0.3, -0.25) is 4.79 Å². The molecule has 32 heavy (non-hydrogen) atoms. The van der Waals surface area contributed by atoms with Crippen LogP contribution in [0.2, 0.25) is 0 Å². The van der Waals surface area contributed by atoms with Crippen molar-refractivity contribution in [2.75, 3.05) is 19.0 Å². The number of tetrazole rings is 1. The molecule has 160 valence electrons. The van der Waals surface area contributed by atoms with Crippen LogP contribution in [0.3, 0.4) is 0 Å². The number of amides is 1. The molecule has 0 bridgehead atoms. The zero-order chi connectivity index (χ0) is 22.1. The van der Waals surface area contributed by atoms with E-state index in [9.17, 15) is 9.59 Å². The van der Waals surface area contributed by atoms with Crippen LogP contribution in [0.25, 0.3) is 27.6 Å². The summed E-state index contributed by atoms with van der Waals surface area (Å²) in [6, 6.07) is 12.8. The number of aromatic nitrogens is 4. The number of anilines is 1. The van der Waals surface area contributed by atoms with Crippen molar-refractivity contribution >= 4 is 50.8 Å². The maximum atomic E-state index is 12.5. The summed E-state index contributed by atoms with van der Waals surface area (Å²) in [6.45, 7) is -0.479. The molecule has 1 N–H and O–H groups in total. The highest BCUT2D eigenvalue weighted by Gasteiger charge is 2.19. The van der Waals surface area contributed by atoms with E-state index >= 15 is 0 Å². The van der Waals surface area contributed by atoms with E-state index in [0.717, 1.165) is 16.4 Å². The Hall–Kier alpha value is -4.25. The third kappa shape index (κ3) is 3.54. The first-order chi connectivity index (χ1) is 15.6. The summed E-state index contributed by atoms with van der Waals surface area (Å²) in [5.41, 5.74) is 2.22. The molecule has 0 radical (unpaired) electrons. The van der Waals surface area contributed by atoms with Crippen LogP contribution in [0.4, 0.5) is 5.69 Å². The number of thiophene rings is 1. The number of rotatable bonds is 6. The molecule has 0 unspecified atom stereocenters. The standard InChI is InChI=1S/C21H15N5O5S/c1-29-18-8-13-12-4-2-3-5-16(12)31-17(13)9-14(18)23-19(27)10-30-21(28)20-15(6-7-32-20)26-11-22-24-25-26/h2-9,11H,10H2,1H3,(H,23,27). The first kappa shape index (κ1) is 19.7. The highest BCUT2D eigenvalue weighted by molar-refractivity contribution is 7.12. The second-order valence-electron chi connectivity index (χ2n) is 6.66. The summed E-state index contributed by atoms with van der Waals surface area (Å²) < 4.78 is 17.8. The fourth-order valence-corrected chi connectivity index (χ4v) is 4.08. The molecular weight excluding hydrogens is 434 g/mol. The molecule has 10 nitrogen and oxygen atoms in total. The van der Waals surface area contributed by atoms with E-state index in [2.05, 4.69) is 20.8 Å². The topological polar surface area (TPSA) is 121 Å². The molecule has 0 saturated heterocycles. The summed E-state index contributed by atoms with van der Waals surface area (Å²) in [6.07, 6.45) is 1.37. The maximum absolute atomic E-state index is 12.5. The van der Waals surface area contributed by atoms with Crippen molar-refractivity contribution in [3.8, 4) is 11.4 Å². The molecule has 11 heteroatoms. The van der Waals surface area contributed by atoms with Crippen molar-refractivity contribution in [1.82, 2.24) is 20.2 Å². The first-order valence-electron chi connectivity index (χ1n) is 9.41. The van der Waals surface area contributed by atoms with Crippen LogP contribution in [0, 0.1) is 0 Å². The van der Waals surface area contributed by atoms with Crippen molar-refractivity contribution in [1.29, 1.82) is 0 Å². The van der Waals surface area contributed by atoms with Crippen LogP contribution >= 0.6 is 11.3 Å². The lowest BCUT2D eigenvalue weighted by molar-refractivity contribution is -0.119. The predicted molar refractivity (Wildman–Crippen MR) is 116 cm³/mol. The Kier molecular flexibility index (Phi) is 5.00. The third-order valence-electron chi connectivity index (χ3n) is 4.73. The molecule has 0 aliphatic carbocycles. The number of para-hydroxylation sites is 1. The lowest BCUT2D eigenvalue weighted by Gasteiger charge is -2.11. The molecule has 5 rings (SSSR count). The van der Waals surface area contributed by atoms with E-state index in [4.69, 9.17) is 13.9 Å². The quantitative estimate of drug-likeness (QED) is 0.391. The van der Waals surface area contributed by atoms with Crippen molar-refractivity contribution in [2.24, 2.45) is 0 Å². The third-order valence-corrected chi connectivity index (χ3v) is 5.62. The largest absolute Gasteiger partial charge is 0.495 e. The average molecular weight is 449 g/mol. The number of methoxy groups -OCH3 is 1. The van der Waals surface area contributed by atoms with Gasteiger partial charge in [-0.2, -0.15) is 4.68 Å². The van der Waals surface area contributed by atoms with Gasteiger partial charge in [0.05, 0.1) is 18.5 Å². The second kappa shape index (κ2) is 8.12. The number of hydrogen-bond donors (Lipinski definition) is 1. The lowest BCUT2D eigenvalue weighted by Crippen LogP contribution is -2.21. The first-order valence-corrected chi connectivity index (χ1v) is 10.3. The van der Waals surface area contributed by atoms with Gasteiger partial charge in [0.25, 0.3) is 5.91 Å². The smallest absolute Gasteiger partial charge is 0.351 e. The highest BCUT2D eigenvalue weighted by Crippen LogP contribution is 2.36. The molecule has 1 amide bonds. The summed E-state index contributed by atoms with van der Waals surface area (Å²) in [7, 11) is 1.51. The van der Waals surface area contributed by atoms with E-state index in [1.165, 1.54) is 29.5 Å². The minimum Gasteiger partial charge on any atom is -0.495 e. The Bertz CT molecular complexity index is 1440. The normalized spacial score (nSPS) is 11.0. The Balaban J connectivity index is 1.31. The van der Waals surface area contributed by atoms with E-state index in [-0.39, 0.29) is 4.88 Å². The van der Waals surface area contributed by atoms with Crippen LogP contribution in [0.5, 0.6) is 5.75 Å². The van der Waals surface area contributed by atoms with Crippen LogP contribution in [0.15, 0.2) is 58.6 Å². The average Bonchev–Trinajstić information content (AvgIpc) is 3.55. The summed E-state index contributed by atoms with van der Waals surface area (Å²) >= 11 is 1.17. The van der Waals surface area contributed by atoms with E-state index in [1.807, 2.05) is 24.3 Å². The van der Waals surface area contributed by atoms with Crippen LogP contribution in [-0.2, 0) is 9.53 Å². The van der Waals surface area contributed by atoms with Crippen LogP contribution in [-0.4, -0.2) is 45.8 Å². The zero-order valence-corrected chi connectivity index (χ0v) is 17.5. The fourth-order valence-electron chi connectivity index (χ4n) is 3.31. The number of carbonyl (C=O) groups is 2. The Morgan fingerprint density at radius 3 is 2.84 bits per heavy atom. The number of carbonyl (C=O) groups excluding carboxylic acids is 2.